The molecule has 140 valence electrons. The minimum absolute atomic E-state index is 0.0203. The Kier molecular flexibility index (Phi) is 4.45. The van der Waals surface area contributed by atoms with Gasteiger partial charge in [0.2, 0.25) is 12.7 Å². The van der Waals surface area contributed by atoms with Crippen molar-refractivity contribution in [2.24, 2.45) is 0 Å². The van der Waals surface area contributed by atoms with Crippen molar-refractivity contribution in [1.82, 2.24) is 0 Å². The van der Waals surface area contributed by atoms with Gasteiger partial charge in [0.15, 0.2) is 11.5 Å². The predicted molar refractivity (Wildman–Crippen MR) is 110 cm³/mol. The van der Waals surface area contributed by atoms with Crippen molar-refractivity contribution in [2.75, 3.05) is 12.1 Å². The predicted octanol–water partition coefficient (Wildman–Crippen LogP) is 5.05. The molecule has 3 aromatic rings. The second-order valence-electron chi connectivity index (χ2n) is 6.90. The molecule has 2 aliphatic heterocycles. The third-order valence-corrected chi connectivity index (χ3v) is 6.39. The van der Waals surface area contributed by atoms with Crippen LogP contribution in [0.3, 0.4) is 0 Å². The lowest BCUT2D eigenvalue weighted by Gasteiger charge is -2.26. The second kappa shape index (κ2) is 7.24. The third-order valence-electron chi connectivity index (χ3n) is 5.10. The van der Waals surface area contributed by atoms with Gasteiger partial charge in [0.1, 0.15) is 0 Å². The van der Waals surface area contributed by atoms with Gasteiger partial charge in [-0.15, -0.1) is 11.8 Å². The van der Waals surface area contributed by atoms with E-state index in [9.17, 15) is 4.79 Å². The van der Waals surface area contributed by atoms with Crippen molar-refractivity contribution >= 4 is 23.4 Å². The van der Waals surface area contributed by atoms with E-state index in [1.54, 1.807) is 11.8 Å². The van der Waals surface area contributed by atoms with E-state index >= 15 is 0 Å². The summed E-state index contributed by atoms with van der Waals surface area (Å²) < 4.78 is 11.2. The van der Waals surface area contributed by atoms with Crippen molar-refractivity contribution in [2.45, 2.75) is 22.5 Å². The number of nitrogens with one attached hydrogen (secondary N) is 1. The number of benzene rings is 3. The smallest absolute Gasteiger partial charge is 0.231 e. The average molecular weight is 389 g/mol. The summed E-state index contributed by atoms with van der Waals surface area (Å²) in [5.74, 6) is 1.49. The van der Waals surface area contributed by atoms with Gasteiger partial charge in [0.25, 0.3) is 0 Å². The molecule has 0 fully saturated rings. The number of rotatable bonds is 3. The summed E-state index contributed by atoms with van der Waals surface area (Å²) in [6, 6.07) is 24.6. The van der Waals surface area contributed by atoms with Crippen LogP contribution >= 0.6 is 11.8 Å². The Morgan fingerprint density at radius 2 is 1.57 bits per heavy atom. The monoisotopic (exact) mass is 389 g/mol. The van der Waals surface area contributed by atoms with E-state index in [2.05, 4.69) is 29.6 Å². The number of hydrogen-bond acceptors (Lipinski definition) is 4. The maximum atomic E-state index is 12.7. The molecule has 2 heterocycles. The zero-order valence-electron chi connectivity index (χ0n) is 15.1. The quantitative estimate of drug-likeness (QED) is 0.681. The van der Waals surface area contributed by atoms with Crippen LogP contribution in [0.25, 0.3) is 0 Å². The van der Waals surface area contributed by atoms with Crippen molar-refractivity contribution in [3.63, 3.8) is 0 Å². The summed E-state index contributed by atoms with van der Waals surface area (Å²) in [4.78, 5) is 13.9. The van der Waals surface area contributed by atoms with E-state index in [0.29, 0.717) is 12.2 Å². The van der Waals surface area contributed by atoms with Crippen molar-refractivity contribution in [1.29, 1.82) is 0 Å². The van der Waals surface area contributed by atoms with Gasteiger partial charge in [-0.25, -0.2) is 0 Å². The molecule has 0 aliphatic carbocycles. The van der Waals surface area contributed by atoms with Crippen LogP contribution < -0.4 is 14.8 Å². The molecule has 5 rings (SSSR count). The van der Waals surface area contributed by atoms with Crippen LogP contribution in [0.4, 0.5) is 5.69 Å². The fourth-order valence-electron chi connectivity index (χ4n) is 3.86. The Morgan fingerprint density at radius 1 is 0.893 bits per heavy atom. The van der Waals surface area contributed by atoms with Crippen LogP contribution in [-0.4, -0.2) is 18.0 Å². The molecule has 0 saturated heterocycles. The fourth-order valence-corrected chi connectivity index (χ4v) is 5.20. The molecule has 1 amide bonds. The summed E-state index contributed by atoms with van der Waals surface area (Å²) in [7, 11) is 0. The molecule has 0 aromatic heterocycles. The van der Waals surface area contributed by atoms with Gasteiger partial charge in [-0.2, -0.15) is 0 Å². The van der Waals surface area contributed by atoms with Crippen LogP contribution in [0, 0.1) is 0 Å². The van der Waals surface area contributed by atoms with E-state index in [-0.39, 0.29) is 23.9 Å². The third kappa shape index (κ3) is 3.22. The highest BCUT2D eigenvalue weighted by Gasteiger charge is 2.34. The minimum Gasteiger partial charge on any atom is -0.454 e. The van der Waals surface area contributed by atoms with E-state index in [4.69, 9.17) is 9.47 Å². The summed E-state index contributed by atoms with van der Waals surface area (Å²) in [5, 5.41) is 3.14. The number of hydrogen-bond donors (Lipinski definition) is 1. The number of fused-ring (bicyclic) bond motifs is 2. The number of amides is 1. The van der Waals surface area contributed by atoms with Crippen LogP contribution in [0.1, 0.15) is 23.5 Å². The summed E-state index contributed by atoms with van der Waals surface area (Å²) in [6.07, 6.45) is 0.431. The first-order valence-corrected chi connectivity index (χ1v) is 10.2. The fraction of sp³-hybridized carbons (Fsp3) is 0.174. The average Bonchev–Trinajstić information content (AvgIpc) is 3.12. The lowest BCUT2D eigenvalue weighted by Crippen LogP contribution is -2.19. The van der Waals surface area contributed by atoms with Crippen molar-refractivity contribution in [3.05, 3.63) is 83.9 Å². The molecule has 1 N–H and O–H groups in total. The first-order valence-electron chi connectivity index (χ1n) is 9.28. The summed E-state index contributed by atoms with van der Waals surface area (Å²) in [5.41, 5.74) is 3.06. The topological polar surface area (TPSA) is 47.6 Å². The molecule has 4 nitrogen and oxygen atoms in total. The molecule has 0 bridgehead atoms. The highest BCUT2D eigenvalue weighted by molar-refractivity contribution is 8.00. The molecular formula is C23H19NO3S. The van der Waals surface area contributed by atoms with E-state index in [1.165, 1.54) is 5.56 Å². The van der Waals surface area contributed by atoms with Gasteiger partial charge in [-0.1, -0.05) is 48.5 Å². The van der Waals surface area contributed by atoms with E-state index in [0.717, 1.165) is 21.9 Å². The largest absolute Gasteiger partial charge is 0.454 e. The van der Waals surface area contributed by atoms with Crippen LogP contribution in [0.2, 0.25) is 0 Å². The van der Waals surface area contributed by atoms with Gasteiger partial charge >= 0.3 is 0 Å². The van der Waals surface area contributed by atoms with Crippen LogP contribution in [0.5, 0.6) is 11.5 Å². The molecule has 2 aliphatic rings. The van der Waals surface area contributed by atoms with E-state index in [1.807, 2.05) is 48.5 Å². The minimum atomic E-state index is 0.0203. The highest BCUT2D eigenvalue weighted by Crippen LogP contribution is 2.48. The Morgan fingerprint density at radius 3 is 2.32 bits per heavy atom. The zero-order valence-corrected chi connectivity index (χ0v) is 15.9. The van der Waals surface area contributed by atoms with Gasteiger partial charge in [0, 0.05) is 34.2 Å². The normalized spacial score (nSPS) is 20.2. The zero-order chi connectivity index (χ0) is 18.9. The summed E-state index contributed by atoms with van der Waals surface area (Å²) >= 11 is 1.75. The number of thioether (sulfide) groups is 1. The Bertz CT molecular complexity index is 1010. The van der Waals surface area contributed by atoms with Gasteiger partial charge in [-0.3, -0.25) is 4.79 Å². The summed E-state index contributed by atoms with van der Waals surface area (Å²) in [6.45, 7) is 0.213. The number of anilines is 1. The lowest BCUT2D eigenvalue weighted by atomic mass is 9.86. The van der Waals surface area contributed by atoms with Crippen molar-refractivity contribution in [3.8, 4) is 11.5 Å². The van der Waals surface area contributed by atoms with Crippen LogP contribution in [-0.2, 0) is 4.79 Å². The molecule has 2 unspecified atom stereocenters. The van der Waals surface area contributed by atoms with Gasteiger partial charge in [0.05, 0.1) is 0 Å². The molecule has 0 radical (unpaired) electrons. The highest BCUT2D eigenvalue weighted by atomic mass is 32.2. The first kappa shape index (κ1) is 17.2. The Balaban J connectivity index is 1.64. The molecule has 5 heteroatoms. The SMILES string of the molecule is O=C1CC(Sc2ccccc2)C(c2ccccc2)c2cc3c(cc2N1)OCO3. The number of carbonyl (C=O) groups is 1. The molecule has 28 heavy (non-hydrogen) atoms. The molecular weight excluding hydrogens is 370 g/mol. The van der Waals surface area contributed by atoms with Crippen LogP contribution in [0.15, 0.2) is 77.7 Å². The molecule has 0 spiro atoms. The lowest BCUT2D eigenvalue weighted by molar-refractivity contribution is -0.116. The Hall–Kier alpha value is -2.92. The standard InChI is InChI=1S/C23H19NO3S/c25-22-13-21(28-16-9-5-2-6-10-16)23(15-7-3-1-4-8-15)17-11-19-20(27-14-26-19)12-18(17)24-22/h1-12,21,23H,13-14H2,(H,24,25). The molecule has 2 atom stereocenters. The maximum absolute atomic E-state index is 12.7. The maximum Gasteiger partial charge on any atom is 0.231 e. The first-order chi connectivity index (χ1) is 13.8. The number of ether oxygens (including phenoxy) is 2. The van der Waals surface area contributed by atoms with Gasteiger partial charge < -0.3 is 14.8 Å². The van der Waals surface area contributed by atoms with E-state index < -0.39 is 0 Å². The van der Waals surface area contributed by atoms with Gasteiger partial charge in [-0.05, 0) is 29.3 Å². The second-order valence-corrected chi connectivity index (χ2v) is 8.22. The van der Waals surface area contributed by atoms with Crippen molar-refractivity contribution < 1.29 is 14.3 Å². The molecule has 3 aromatic carbocycles. The molecule has 0 saturated carbocycles. The Labute approximate surface area is 167 Å². The number of carbonyl (C=O) groups excluding carboxylic acids is 1.